The summed E-state index contributed by atoms with van der Waals surface area (Å²) in [7, 11) is 1.66. The Morgan fingerprint density at radius 1 is 1.33 bits per heavy atom. The van der Waals surface area contributed by atoms with Crippen molar-refractivity contribution in [2.75, 3.05) is 20.2 Å². The van der Waals surface area contributed by atoms with Crippen LogP contribution >= 0.6 is 0 Å². The Bertz CT molecular complexity index is 690. The Morgan fingerprint density at radius 3 is 2.75 bits per heavy atom. The molecule has 1 aromatic heterocycles. The largest absolute Gasteiger partial charge is 0.496 e. The Kier molecular flexibility index (Phi) is 5.15. The second-order valence-corrected chi connectivity index (χ2v) is 5.94. The van der Waals surface area contributed by atoms with Crippen LogP contribution in [-0.2, 0) is 11.3 Å². The summed E-state index contributed by atoms with van der Waals surface area (Å²) >= 11 is 0. The second-order valence-electron chi connectivity index (χ2n) is 5.94. The minimum Gasteiger partial charge on any atom is -0.496 e. The van der Waals surface area contributed by atoms with Crippen LogP contribution in [0.3, 0.4) is 0 Å². The number of benzene rings is 1. The first-order valence-corrected chi connectivity index (χ1v) is 8.13. The summed E-state index contributed by atoms with van der Waals surface area (Å²) in [6, 6.07) is 9.53. The number of piperidine rings is 1. The SMILES string of the molecule is COc1ccccc1COC1CCN(C(=O)c2cc(C)on2)CC1. The first-order chi connectivity index (χ1) is 11.7. The van der Waals surface area contributed by atoms with E-state index >= 15 is 0 Å². The molecule has 24 heavy (non-hydrogen) atoms. The van der Waals surface area contributed by atoms with Crippen molar-refractivity contribution in [1.29, 1.82) is 0 Å². The predicted molar refractivity (Wildman–Crippen MR) is 87.9 cm³/mol. The number of methoxy groups -OCH3 is 1. The Hall–Kier alpha value is -2.34. The molecule has 2 heterocycles. The standard InChI is InChI=1S/C18H22N2O4/c1-13-11-16(19-24-13)18(21)20-9-7-15(8-10-20)23-12-14-5-3-4-6-17(14)22-2/h3-6,11,15H,7-10,12H2,1-2H3. The summed E-state index contributed by atoms with van der Waals surface area (Å²) in [6.45, 7) is 3.63. The van der Waals surface area contributed by atoms with Crippen molar-refractivity contribution in [3.63, 3.8) is 0 Å². The van der Waals surface area contributed by atoms with Crippen LogP contribution in [0.2, 0.25) is 0 Å². The van der Waals surface area contributed by atoms with Gasteiger partial charge in [0.1, 0.15) is 11.5 Å². The number of hydrogen-bond acceptors (Lipinski definition) is 5. The number of rotatable bonds is 5. The molecule has 1 aliphatic heterocycles. The minimum atomic E-state index is -0.0740. The highest BCUT2D eigenvalue weighted by Gasteiger charge is 2.26. The Balaban J connectivity index is 1.49. The molecule has 128 valence electrons. The fourth-order valence-electron chi connectivity index (χ4n) is 2.88. The van der Waals surface area contributed by atoms with Crippen LogP contribution in [0.4, 0.5) is 0 Å². The highest BCUT2D eigenvalue weighted by atomic mass is 16.5. The van der Waals surface area contributed by atoms with Crippen molar-refractivity contribution < 1.29 is 18.8 Å². The van der Waals surface area contributed by atoms with Crippen LogP contribution in [0.5, 0.6) is 5.75 Å². The van der Waals surface area contributed by atoms with E-state index in [0.717, 1.165) is 24.2 Å². The first-order valence-electron chi connectivity index (χ1n) is 8.13. The monoisotopic (exact) mass is 330 g/mol. The fourth-order valence-corrected chi connectivity index (χ4v) is 2.88. The van der Waals surface area contributed by atoms with Gasteiger partial charge in [0, 0.05) is 24.7 Å². The third kappa shape index (κ3) is 3.76. The molecule has 0 saturated carbocycles. The molecule has 0 atom stereocenters. The number of hydrogen-bond donors (Lipinski definition) is 0. The average Bonchev–Trinajstić information content (AvgIpc) is 3.06. The van der Waals surface area contributed by atoms with E-state index in [0.29, 0.717) is 31.2 Å². The number of para-hydroxylation sites is 1. The molecule has 0 bridgehead atoms. The maximum atomic E-state index is 12.3. The van der Waals surface area contributed by atoms with E-state index in [2.05, 4.69) is 5.16 Å². The molecule has 0 spiro atoms. The number of likely N-dealkylation sites (tertiary alicyclic amines) is 1. The van der Waals surface area contributed by atoms with Gasteiger partial charge in [-0.25, -0.2) is 0 Å². The van der Waals surface area contributed by atoms with Crippen LogP contribution < -0.4 is 4.74 Å². The van der Waals surface area contributed by atoms with Crippen molar-refractivity contribution in [2.24, 2.45) is 0 Å². The summed E-state index contributed by atoms with van der Waals surface area (Å²) < 4.78 is 16.3. The van der Waals surface area contributed by atoms with Crippen LogP contribution in [0.1, 0.15) is 34.7 Å². The highest BCUT2D eigenvalue weighted by Crippen LogP contribution is 2.22. The van der Waals surface area contributed by atoms with Crippen molar-refractivity contribution in [1.82, 2.24) is 10.1 Å². The third-order valence-electron chi connectivity index (χ3n) is 4.24. The van der Waals surface area contributed by atoms with Gasteiger partial charge >= 0.3 is 0 Å². The van der Waals surface area contributed by atoms with Crippen molar-refractivity contribution in [3.05, 3.63) is 47.3 Å². The number of amides is 1. The molecule has 6 heteroatoms. The average molecular weight is 330 g/mol. The number of ether oxygens (including phenoxy) is 2. The van der Waals surface area contributed by atoms with Gasteiger partial charge in [-0.2, -0.15) is 0 Å². The zero-order valence-corrected chi connectivity index (χ0v) is 14.0. The summed E-state index contributed by atoms with van der Waals surface area (Å²) in [6.07, 6.45) is 1.79. The van der Waals surface area contributed by atoms with E-state index in [1.165, 1.54) is 0 Å². The number of aromatic nitrogens is 1. The number of aryl methyl sites for hydroxylation is 1. The molecule has 1 aliphatic rings. The zero-order chi connectivity index (χ0) is 16.9. The molecular weight excluding hydrogens is 308 g/mol. The van der Waals surface area contributed by atoms with Crippen LogP contribution in [0.25, 0.3) is 0 Å². The molecule has 0 aliphatic carbocycles. The van der Waals surface area contributed by atoms with Crippen LogP contribution in [0.15, 0.2) is 34.9 Å². The molecular formula is C18H22N2O4. The van der Waals surface area contributed by atoms with E-state index in [1.54, 1.807) is 25.0 Å². The predicted octanol–water partition coefficient (Wildman–Crippen LogP) is 2.81. The van der Waals surface area contributed by atoms with Gasteiger partial charge in [0.25, 0.3) is 5.91 Å². The van der Waals surface area contributed by atoms with Crippen LogP contribution in [0, 0.1) is 6.92 Å². The maximum Gasteiger partial charge on any atom is 0.276 e. The van der Waals surface area contributed by atoms with Gasteiger partial charge in [0.2, 0.25) is 0 Å². The normalized spacial score (nSPS) is 15.5. The number of carbonyl (C=O) groups excluding carboxylic acids is 1. The van der Waals surface area contributed by atoms with Gasteiger partial charge in [-0.15, -0.1) is 0 Å². The van der Waals surface area contributed by atoms with E-state index in [9.17, 15) is 4.79 Å². The molecule has 6 nitrogen and oxygen atoms in total. The van der Waals surface area contributed by atoms with E-state index in [1.807, 2.05) is 24.3 Å². The second kappa shape index (κ2) is 7.49. The lowest BCUT2D eigenvalue weighted by atomic mass is 10.1. The smallest absolute Gasteiger partial charge is 0.276 e. The molecule has 1 fully saturated rings. The van der Waals surface area contributed by atoms with Gasteiger partial charge in [-0.1, -0.05) is 23.4 Å². The lowest BCUT2D eigenvalue weighted by Crippen LogP contribution is -2.41. The third-order valence-corrected chi connectivity index (χ3v) is 4.24. The molecule has 2 aromatic rings. The lowest BCUT2D eigenvalue weighted by molar-refractivity contribution is -0.00116. The maximum absolute atomic E-state index is 12.3. The van der Waals surface area contributed by atoms with Crippen molar-refractivity contribution in [3.8, 4) is 5.75 Å². The molecule has 1 aromatic carbocycles. The topological polar surface area (TPSA) is 64.8 Å². The van der Waals surface area contributed by atoms with E-state index in [4.69, 9.17) is 14.0 Å². The Labute approximate surface area is 141 Å². The number of nitrogens with zero attached hydrogens (tertiary/aromatic N) is 2. The summed E-state index contributed by atoms with van der Waals surface area (Å²) in [4.78, 5) is 14.1. The van der Waals surface area contributed by atoms with Gasteiger partial charge in [0.15, 0.2) is 5.69 Å². The summed E-state index contributed by atoms with van der Waals surface area (Å²) in [5.74, 6) is 1.41. The molecule has 0 N–H and O–H groups in total. The van der Waals surface area contributed by atoms with Gasteiger partial charge in [0.05, 0.1) is 19.8 Å². The zero-order valence-electron chi connectivity index (χ0n) is 14.0. The molecule has 0 unspecified atom stereocenters. The number of carbonyl (C=O) groups is 1. The fraction of sp³-hybridized carbons (Fsp3) is 0.444. The summed E-state index contributed by atoms with van der Waals surface area (Å²) in [5.41, 5.74) is 1.41. The van der Waals surface area contributed by atoms with Crippen molar-refractivity contribution in [2.45, 2.75) is 32.5 Å². The van der Waals surface area contributed by atoms with Crippen LogP contribution in [-0.4, -0.2) is 42.3 Å². The van der Waals surface area contributed by atoms with Gasteiger partial charge in [-0.3, -0.25) is 4.79 Å². The molecule has 1 saturated heterocycles. The van der Waals surface area contributed by atoms with Gasteiger partial charge < -0.3 is 18.9 Å². The minimum absolute atomic E-state index is 0.0740. The van der Waals surface area contributed by atoms with Crippen molar-refractivity contribution >= 4 is 5.91 Å². The highest BCUT2D eigenvalue weighted by molar-refractivity contribution is 5.92. The van der Waals surface area contributed by atoms with E-state index in [-0.39, 0.29) is 12.0 Å². The lowest BCUT2D eigenvalue weighted by Gasteiger charge is -2.31. The first kappa shape index (κ1) is 16.5. The van der Waals surface area contributed by atoms with E-state index < -0.39 is 0 Å². The molecule has 1 amide bonds. The summed E-state index contributed by atoms with van der Waals surface area (Å²) in [5, 5.41) is 3.79. The van der Waals surface area contributed by atoms with Gasteiger partial charge in [-0.05, 0) is 25.8 Å². The molecule has 3 rings (SSSR count). The Morgan fingerprint density at radius 2 is 2.08 bits per heavy atom. The quantitative estimate of drug-likeness (QED) is 0.843. The molecule has 0 radical (unpaired) electrons.